The number of imidazole rings is 1. The monoisotopic (exact) mass is 235 g/mol. The van der Waals surface area contributed by atoms with Crippen LogP contribution >= 0.6 is 0 Å². The fraction of sp³-hybridized carbons (Fsp3) is 0.417. The number of hydrogen-bond acceptors (Lipinski definition) is 4. The van der Waals surface area contributed by atoms with Crippen molar-refractivity contribution < 1.29 is 9.84 Å². The zero-order chi connectivity index (χ0) is 11.9. The highest BCUT2D eigenvalue weighted by Gasteiger charge is 1.99. The number of aliphatic hydroxyl groups is 1. The highest BCUT2D eigenvalue weighted by Crippen LogP contribution is 2.03. The molecule has 0 saturated heterocycles. The minimum absolute atomic E-state index is 0.0758. The average molecular weight is 235 g/mol. The maximum absolute atomic E-state index is 8.52. The lowest BCUT2D eigenvalue weighted by Gasteiger charge is -2.02. The van der Waals surface area contributed by atoms with E-state index in [-0.39, 0.29) is 6.61 Å². The first-order chi connectivity index (χ1) is 8.40. The number of aliphatic hydroxyl groups excluding tert-OH is 1. The highest BCUT2D eigenvalue weighted by atomic mass is 16.5. The summed E-state index contributed by atoms with van der Waals surface area (Å²) >= 11 is 0. The van der Waals surface area contributed by atoms with E-state index in [1.807, 2.05) is 35.0 Å². The molecule has 0 amide bonds. The number of rotatable bonds is 7. The molecule has 5 heteroatoms. The van der Waals surface area contributed by atoms with Gasteiger partial charge in [-0.05, 0) is 12.1 Å². The Balaban J connectivity index is 1.75. The van der Waals surface area contributed by atoms with Crippen LogP contribution in [0.2, 0.25) is 0 Å². The fourth-order valence-corrected chi connectivity index (χ4v) is 1.60. The molecule has 0 unspecified atom stereocenters. The van der Waals surface area contributed by atoms with Gasteiger partial charge < -0.3 is 19.6 Å². The number of nitrogens with zero attached hydrogens (tertiary/aromatic N) is 2. The summed E-state index contributed by atoms with van der Waals surface area (Å²) in [6, 6.07) is 5.94. The van der Waals surface area contributed by atoms with Gasteiger partial charge in [0, 0.05) is 25.5 Å². The van der Waals surface area contributed by atoms with Crippen molar-refractivity contribution in [3.63, 3.8) is 0 Å². The Morgan fingerprint density at radius 3 is 3.12 bits per heavy atom. The molecule has 0 saturated carbocycles. The van der Waals surface area contributed by atoms with E-state index in [0.29, 0.717) is 13.2 Å². The van der Waals surface area contributed by atoms with Gasteiger partial charge in [0.05, 0.1) is 25.5 Å². The van der Waals surface area contributed by atoms with Gasteiger partial charge in [-0.15, -0.1) is 0 Å². The summed E-state index contributed by atoms with van der Waals surface area (Å²) in [6.07, 6.45) is 3.99. The van der Waals surface area contributed by atoms with E-state index in [0.717, 1.165) is 24.4 Å². The van der Waals surface area contributed by atoms with Crippen molar-refractivity contribution in [1.82, 2.24) is 14.7 Å². The summed E-state index contributed by atoms with van der Waals surface area (Å²) < 4.78 is 7.14. The highest BCUT2D eigenvalue weighted by molar-refractivity contribution is 5.39. The van der Waals surface area contributed by atoms with Crippen LogP contribution in [-0.4, -0.2) is 40.9 Å². The molecule has 2 N–H and O–H groups in total. The molecule has 2 rings (SSSR count). The lowest BCUT2D eigenvalue weighted by atomic mass is 10.4. The van der Waals surface area contributed by atoms with E-state index >= 15 is 0 Å². The quantitative estimate of drug-likeness (QED) is 0.683. The number of fused-ring (bicyclic) bond motifs is 1. The van der Waals surface area contributed by atoms with Crippen LogP contribution in [0.15, 0.2) is 30.6 Å². The number of pyridine rings is 1. The maximum Gasteiger partial charge on any atom is 0.137 e. The normalized spacial score (nSPS) is 11.1. The summed E-state index contributed by atoms with van der Waals surface area (Å²) in [6.45, 7) is 2.56. The zero-order valence-electron chi connectivity index (χ0n) is 9.67. The lowest BCUT2D eigenvalue weighted by Crippen LogP contribution is -2.20. The summed E-state index contributed by atoms with van der Waals surface area (Å²) in [7, 11) is 0. The Hall–Kier alpha value is -1.43. The molecule has 0 spiro atoms. The van der Waals surface area contributed by atoms with Crippen LogP contribution < -0.4 is 5.32 Å². The summed E-state index contributed by atoms with van der Waals surface area (Å²) in [5.74, 6) is 0. The third kappa shape index (κ3) is 3.52. The molecule has 0 bridgehead atoms. The third-order valence-electron chi connectivity index (χ3n) is 2.38. The molecule has 0 fully saturated rings. The van der Waals surface area contributed by atoms with E-state index in [9.17, 15) is 0 Å². The molecule has 5 nitrogen and oxygen atoms in total. The van der Waals surface area contributed by atoms with Crippen molar-refractivity contribution in [3.8, 4) is 0 Å². The van der Waals surface area contributed by atoms with Gasteiger partial charge in [0.1, 0.15) is 5.65 Å². The molecule has 17 heavy (non-hydrogen) atoms. The zero-order valence-corrected chi connectivity index (χ0v) is 9.67. The van der Waals surface area contributed by atoms with Gasteiger partial charge >= 0.3 is 0 Å². The van der Waals surface area contributed by atoms with Gasteiger partial charge in [-0.1, -0.05) is 6.07 Å². The Labute approximate surface area is 100 Å². The van der Waals surface area contributed by atoms with Crippen LogP contribution in [0.5, 0.6) is 0 Å². The van der Waals surface area contributed by atoms with Crippen LogP contribution in [0.25, 0.3) is 5.65 Å². The lowest BCUT2D eigenvalue weighted by molar-refractivity contribution is 0.0937. The van der Waals surface area contributed by atoms with Crippen LogP contribution in [0.3, 0.4) is 0 Å². The van der Waals surface area contributed by atoms with Crippen molar-refractivity contribution in [2.45, 2.75) is 6.54 Å². The smallest absolute Gasteiger partial charge is 0.137 e. The second-order valence-corrected chi connectivity index (χ2v) is 3.71. The molecule has 0 aliphatic carbocycles. The molecule has 0 atom stereocenters. The first-order valence-electron chi connectivity index (χ1n) is 5.72. The van der Waals surface area contributed by atoms with Gasteiger partial charge in [0.25, 0.3) is 0 Å². The predicted octanol–water partition coefficient (Wildman–Crippen LogP) is 0.433. The molecular formula is C12H17N3O2. The minimum atomic E-state index is 0.0758. The van der Waals surface area contributed by atoms with E-state index in [2.05, 4.69) is 10.3 Å². The van der Waals surface area contributed by atoms with Gasteiger partial charge in [0.2, 0.25) is 0 Å². The van der Waals surface area contributed by atoms with Crippen molar-refractivity contribution in [2.75, 3.05) is 26.4 Å². The first-order valence-corrected chi connectivity index (χ1v) is 5.72. The number of aromatic nitrogens is 2. The summed E-state index contributed by atoms with van der Waals surface area (Å²) in [5.41, 5.74) is 1.97. The van der Waals surface area contributed by atoms with E-state index in [1.165, 1.54) is 0 Å². The predicted molar refractivity (Wildman–Crippen MR) is 64.8 cm³/mol. The fourth-order valence-electron chi connectivity index (χ4n) is 1.60. The van der Waals surface area contributed by atoms with Gasteiger partial charge in [-0.2, -0.15) is 0 Å². The summed E-state index contributed by atoms with van der Waals surface area (Å²) in [4.78, 5) is 4.47. The molecule has 0 aliphatic rings. The van der Waals surface area contributed by atoms with Gasteiger partial charge in [-0.25, -0.2) is 4.98 Å². The Kier molecular flexibility index (Phi) is 4.49. The SMILES string of the molecule is OCCOCCNCc1cn2ccccc2n1. The van der Waals surface area contributed by atoms with Crippen molar-refractivity contribution in [3.05, 3.63) is 36.3 Å². The van der Waals surface area contributed by atoms with E-state index in [1.54, 1.807) is 0 Å². The van der Waals surface area contributed by atoms with E-state index < -0.39 is 0 Å². The topological polar surface area (TPSA) is 58.8 Å². The van der Waals surface area contributed by atoms with Gasteiger partial charge in [-0.3, -0.25) is 0 Å². The van der Waals surface area contributed by atoms with Crippen LogP contribution in [0.1, 0.15) is 5.69 Å². The largest absolute Gasteiger partial charge is 0.394 e. The molecule has 0 aliphatic heterocycles. The average Bonchev–Trinajstić information content (AvgIpc) is 2.76. The molecule has 92 valence electrons. The summed E-state index contributed by atoms with van der Waals surface area (Å²) in [5, 5.41) is 11.8. The second kappa shape index (κ2) is 6.34. The standard InChI is InChI=1S/C12H17N3O2/c16-6-8-17-7-4-13-9-11-10-15-5-2-1-3-12(15)14-11/h1-3,5,10,13,16H,4,6-9H2. The Morgan fingerprint density at radius 2 is 2.29 bits per heavy atom. The number of nitrogens with one attached hydrogen (secondary N) is 1. The molecule has 0 aromatic carbocycles. The molecule has 0 radical (unpaired) electrons. The molecule has 2 heterocycles. The molecular weight excluding hydrogens is 218 g/mol. The molecule has 2 aromatic heterocycles. The first kappa shape index (κ1) is 12.0. The van der Waals surface area contributed by atoms with Gasteiger partial charge in [0.15, 0.2) is 0 Å². The van der Waals surface area contributed by atoms with E-state index in [4.69, 9.17) is 9.84 Å². The van der Waals surface area contributed by atoms with Crippen LogP contribution in [0, 0.1) is 0 Å². The maximum atomic E-state index is 8.52. The van der Waals surface area contributed by atoms with Crippen molar-refractivity contribution >= 4 is 5.65 Å². The van der Waals surface area contributed by atoms with Crippen molar-refractivity contribution in [1.29, 1.82) is 0 Å². The number of hydrogen-bond donors (Lipinski definition) is 2. The third-order valence-corrected chi connectivity index (χ3v) is 2.38. The minimum Gasteiger partial charge on any atom is -0.394 e. The van der Waals surface area contributed by atoms with Crippen LogP contribution in [0.4, 0.5) is 0 Å². The second-order valence-electron chi connectivity index (χ2n) is 3.71. The Morgan fingerprint density at radius 1 is 1.35 bits per heavy atom. The molecule has 2 aromatic rings. The van der Waals surface area contributed by atoms with Crippen LogP contribution in [-0.2, 0) is 11.3 Å². The number of ether oxygens (including phenoxy) is 1. The Bertz CT molecular complexity index is 423. The van der Waals surface area contributed by atoms with Crippen molar-refractivity contribution in [2.24, 2.45) is 0 Å².